The minimum Gasteiger partial charge on any atom is -0.494 e. The van der Waals surface area contributed by atoms with Gasteiger partial charge in [-0.25, -0.2) is 0 Å². The molecule has 1 aromatic heterocycles. The van der Waals surface area contributed by atoms with Gasteiger partial charge in [0.05, 0.1) is 75.3 Å². The molecule has 0 fully saturated rings. The molecule has 1 aliphatic heterocycles. The van der Waals surface area contributed by atoms with Gasteiger partial charge in [0.1, 0.15) is 57.6 Å². The molecule has 6 aromatic rings. The van der Waals surface area contributed by atoms with E-state index in [-0.39, 0.29) is 11.6 Å². The molecule has 0 amide bonds. The van der Waals surface area contributed by atoms with Crippen molar-refractivity contribution >= 4 is 34.0 Å². The maximum atomic E-state index is 9.44. The summed E-state index contributed by atoms with van der Waals surface area (Å²) in [5, 5.41) is 7.56. The molecule has 0 saturated heterocycles. The molecule has 0 unspecified atom stereocenters. The zero-order valence-corrected chi connectivity index (χ0v) is 46.4. The lowest BCUT2D eigenvalue weighted by Gasteiger charge is -2.28. The van der Waals surface area contributed by atoms with E-state index in [1.165, 1.54) is 27.7 Å². The van der Waals surface area contributed by atoms with Gasteiger partial charge >= 0.3 is 0 Å². The van der Waals surface area contributed by atoms with Crippen molar-refractivity contribution in [1.82, 2.24) is 9.97 Å². The largest absolute Gasteiger partial charge is 0.494 e. The van der Waals surface area contributed by atoms with Gasteiger partial charge in [0.15, 0.2) is 0 Å². The number of hydrogen-bond acceptors (Lipinski definition) is 14. The number of Topliss-reactive ketones (excluding diaryl/α,β-unsaturated/α-hetero) is 2. The molecule has 0 atom stereocenters. The van der Waals surface area contributed by atoms with Gasteiger partial charge < -0.3 is 58.1 Å². The third-order valence-electron chi connectivity index (χ3n) is 12.1. The second-order valence-corrected chi connectivity index (χ2v) is 18.2. The molecule has 0 spiro atoms. The highest BCUT2D eigenvalue weighted by molar-refractivity contribution is 5.97. The lowest BCUT2D eigenvalue weighted by Crippen LogP contribution is -2.24. The van der Waals surface area contributed by atoms with Gasteiger partial charge in [-0.3, -0.25) is 9.97 Å². The van der Waals surface area contributed by atoms with Crippen molar-refractivity contribution in [2.75, 3.05) is 76.6 Å². The summed E-state index contributed by atoms with van der Waals surface area (Å²) in [6, 6.07) is 17.0. The number of carbonyl (C=O) groups excluding carboxylic acids is 2. The number of ether oxygens (including phenoxy) is 8. The number of rotatable bonds is 16. The van der Waals surface area contributed by atoms with E-state index >= 15 is 0 Å². The fourth-order valence-electron chi connectivity index (χ4n) is 9.42. The molecule has 75 heavy (non-hydrogen) atoms. The normalized spacial score (nSPS) is 12.4. The number of anilines is 2. The highest BCUT2D eigenvalue weighted by Gasteiger charge is 2.28. The van der Waals surface area contributed by atoms with Gasteiger partial charge in [-0.1, -0.05) is 0 Å². The Labute approximate surface area is 444 Å². The molecule has 14 nitrogen and oxygen atoms in total. The molecule has 402 valence electrons. The van der Waals surface area contributed by atoms with Crippen LogP contribution in [0.1, 0.15) is 139 Å². The van der Waals surface area contributed by atoms with Crippen molar-refractivity contribution in [3.8, 4) is 46.0 Å². The highest BCUT2D eigenvalue weighted by atomic mass is 16.5. The first-order valence-corrected chi connectivity index (χ1v) is 26.7. The van der Waals surface area contributed by atoms with E-state index in [2.05, 4.69) is 59.2 Å². The van der Waals surface area contributed by atoms with Crippen LogP contribution in [-0.2, 0) is 41.7 Å². The lowest BCUT2D eigenvalue weighted by atomic mass is 9.91. The van der Waals surface area contributed by atoms with Crippen LogP contribution in [0.5, 0.6) is 46.0 Å². The number of ketones is 2. The second-order valence-electron chi connectivity index (χ2n) is 18.2. The number of benzene rings is 5. The van der Waals surface area contributed by atoms with Crippen molar-refractivity contribution in [2.45, 2.75) is 115 Å². The molecule has 5 aromatic carbocycles. The number of nitrogens with zero attached hydrogens (tertiary/aromatic N) is 2. The summed E-state index contributed by atoms with van der Waals surface area (Å²) < 4.78 is 51.8. The van der Waals surface area contributed by atoms with Crippen LogP contribution in [0, 0.1) is 0 Å². The zero-order valence-electron chi connectivity index (χ0n) is 46.4. The smallest absolute Gasteiger partial charge is 0.126 e. The molecule has 16 rings (SSSR count). The van der Waals surface area contributed by atoms with Crippen LogP contribution in [0.4, 0.5) is 11.4 Å². The van der Waals surface area contributed by atoms with E-state index in [9.17, 15) is 9.59 Å². The Morgan fingerprint density at radius 1 is 0.360 bits per heavy atom. The lowest BCUT2D eigenvalue weighted by molar-refractivity contribution is -0.115. The Bertz CT molecular complexity index is 2720. The number of hydrogen-bond donors (Lipinski definition) is 2. The summed E-state index contributed by atoms with van der Waals surface area (Å²) in [5.41, 5.74) is 13.6. The maximum Gasteiger partial charge on any atom is 0.126 e. The van der Waals surface area contributed by atoms with E-state index in [1.54, 1.807) is 12.4 Å². The first-order valence-electron chi connectivity index (χ1n) is 26.7. The zero-order chi connectivity index (χ0) is 54.0. The molecule has 9 aliphatic carbocycles. The third kappa shape index (κ3) is 14.6. The predicted octanol–water partition coefficient (Wildman–Crippen LogP) is 12.1. The standard InChI is InChI=1S/C55H66N4O8.2C3H6O/c1-9-60-44-28-36-22-38-30-50(66-15-7)40(32-48(38)64-13-5)24-42-52-54(58-19-17-56-52)43(55-53(42)57-18-20-59-55)25-41-33-49(65-14-6)39(31-51(41)67-16-8)23-37-29-45(61-10-2)35(27-47(37)63-12-4)21-34(44)26-46(36)62-11-3;2*1-3(2)4/h17,19,26-33,57,59H,9-16,18,20-25H2,1-8H3;2*1-2H3. The fraction of sp³-hybridized carbons (Fsp3) is 0.443. The highest BCUT2D eigenvalue weighted by Crippen LogP contribution is 2.45. The molecule has 14 heteroatoms. The number of carbonyl (C=O) groups is 2. The van der Waals surface area contributed by atoms with Crippen LogP contribution in [0.25, 0.3) is 11.0 Å². The monoisotopic (exact) mass is 1030 g/mol. The van der Waals surface area contributed by atoms with Gasteiger partial charge in [-0.15, -0.1) is 0 Å². The Hall–Kier alpha value is -7.22. The van der Waals surface area contributed by atoms with Gasteiger partial charge in [-0.2, -0.15) is 0 Å². The number of aromatic nitrogens is 2. The van der Waals surface area contributed by atoms with Crippen molar-refractivity contribution in [3.05, 3.63) is 117 Å². The van der Waals surface area contributed by atoms with Gasteiger partial charge in [0.2, 0.25) is 0 Å². The Kier molecular flexibility index (Phi) is 21.2. The maximum absolute atomic E-state index is 9.44. The topological polar surface area (TPSA) is 158 Å². The summed E-state index contributed by atoms with van der Waals surface area (Å²) in [5.74, 6) is 6.59. The van der Waals surface area contributed by atoms with E-state index in [4.69, 9.17) is 47.9 Å². The molecule has 2 heterocycles. The van der Waals surface area contributed by atoms with Crippen LogP contribution in [0.3, 0.4) is 0 Å². The van der Waals surface area contributed by atoms with E-state index in [1.807, 2.05) is 55.4 Å². The predicted molar refractivity (Wildman–Crippen MR) is 298 cm³/mol. The minimum absolute atomic E-state index is 0.167. The van der Waals surface area contributed by atoms with Crippen LogP contribution in [-0.4, -0.2) is 87.5 Å². The van der Waals surface area contributed by atoms with E-state index in [0.717, 1.165) is 137 Å². The molecule has 0 radical (unpaired) electrons. The quantitative estimate of drug-likeness (QED) is 0.0942. The van der Waals surface area contributed by atoms with Crippen LogP contribution >= 0.6 is 0 Å². The van der Waals surface area contributed by atoms with Gasteiger partial charge in [0.25, 0.3) is 0 Å². The van der Waals surface area contributed by atoms with Crippen LogP contribution in [0.2, 0.25) is 0 Å². The molecule has 10 aliphatic rings. The second kappa shape index (κ2) is 27.9. The third-order valence-corrected chi connectivity index (χ3v) is 12.1. The first kappa shape index (κ1) is 57.1. The molecule has 0 saturated carbocycles. The Morgan fingerprint density at radius 3 is 0.733 bits per heavy atom. The Morgan fingerprint density at radius 2 is 0.547 bits per heavy atom. The van der Waals surface area contributed by atoms with E-state index < -0.39 is 0 Å². The Balaban J connectivity index is 0.00000107. The SMILES string of the molecule is CC(C)=O.CC(C)=O.CCOc1cc2c(OCC)cc1Cc1cc(OCC)c(cc1OCC)Cc1cc(OCC)c(cc1OCC)Cc1c3c(c(c4nccnc14)Cc1cc(OCC)c(cc1OCC)C2)NCCN3. The summed E-state index contributed by atoms with van der Waals surface area (Å²) in [6.07, 6.45) is 6.17. The summed E-state index contributed by atoms with van der Waals surface area (Å²) in [6.45, 7) is 27.7. The summed E-state index contributed by atoms with van der Waals surface area (Å²) in [4.78, 5) is 29.0. The van der Waals surface area contributed by atoms with E-state index in [0.29, 0.717) is 85.0 Å². The average molecular weight is 1030 g/mol. The number of nitrogens with one attached hydrogen (secondary N) is 2. The van der Waals surface area contributed by atoms with Crippen molar-refractivity contribution in [3.63, 3.8) is 0 Å². The molecule has 10 bridgehead atoms. The molecule has 2 N–H and O–H groups in total. The van der Waals surface area contributed by atoms with Crippen LogP contribution in [0.15, 0.2) is 60.9 Å². The molecular weight excluding hydrogens is 949 g/mol. The summed E-state index contributed by atoms with van der Waals surface area (Å²) in [7, 11) is 0. The van der Waals surface area contributed by atoms with Crippen molar-refractivity contribution < 1.29 is 47.5 Å². The van der Waals surface area contributed by atoms with Crippen LogP contribution < -0.4 is 48.5 Å². The minimum atomic E-state index is 0.167. The average Bonchev–Trinajstić information content (AvgIpc) is 3.37. The summed E-state index contributed by atoms with van der Waals surface area (Å²) >= 11 is 0. The van der Waals surface area contributed by atoms with Crippen molar-refractivity contribution in [2.24, 2.45) is 0 Å². The fourth-order valence-corrected chi connectivity index (χ4v) is 9.42. The van der Waals surface area contributed by atoms with Gasteiger partial charge in [-0.05, 0) is 132 Å². The van der Waals surface area contributed by atoms with Gasteiger partial charge in [0, 0.05) is 113 Å². The molecular formula is C61H78N4O10. The first-order chi connectivity index (χ1) is 36.3. The van der Waals surface area contributed by atoms with Crippen molar-refractivity contribution in [1.29, 1.82) is 0 Å².